The quantitative estimate of drug-likeness (QED) is 0.888. The number of hydrogen-bond acceptors (Lipinski definition) is 4. The average molecular weight is 261 g/mol. The van der Waals surface area contributed by atoms with Crippen molar-refractivity contribution >= 4 is 5.97 Å². The summed E-state index contributed by atoms with van der Waals surface area (Å²) >= 11 is 0. The molecule has 0 radical (unpaired) electrons. The van der Waals surface area contributed by atoms with Crippen LogP contribution >= 0.6 is 0 Å². The highest BCUT2D eigenvalue weighted by Crippen LogP contribution is 2.23. The van der Waals surface area contributed by atoms with Gasteiger partial charge in [0, 0.05) is 6.61 Å². The Kier molecular flexibility index (Phi) is 3.85. The van der Waals surface area contributed by atoms with Crippen LogP contribution in [0.4, 0.5) is 8.78 Å². The molecule has 1 aliphatic rings. The number of carboxylic acid groups (broad SMARTS) is 1. The molecule has 1 aromatic rings. The summed E-state index contributed by atoms with van der Waals surface area (Å²) in [6.07, 6.45) is -0.454. The number of aromatic nitrogens is 3. The summed E-state index contributed by atoms with van der Waals surface area (Å²) in [5.74, 6) is -1.50. The first-order valence-corrected chi connectivity index (χ1v) is 5.66. The maximum absolute atomic E-state index is 12.8. The lowest BCUT2D eigenvalue weighted by Gasteiger charge is -2.22. The smallest absolute Gasteiger partial charge is 0.358 e. The zero-order chi connectivity index (χ0) is 13.1. The number of rotatable bonds is 4. The standard InChI is InChI=1S/C10H13F2N3O3/c11-9(12)8-7(10(16)17)13-14-15(8)5-6-3-1-2-4-18-6/h6,9H,1-5H2,(H,16,17). The third kappa shape index (κ3) is 2.63. The van der Waals surface area contributed by atoms with E-state index in [-0.39, 0.29) is 12.6 Å². The molecule has 1 atom stereocenters. The van der Waals surface area contributed by atoms with Crippen LogP contribution in [0.5, 0.6) is 0 Å². The number of ether oxygens (including phenoxy) is 1. The molecule has 1 fully saturated rings. The van der Waals surface area contributed by atoms with Gasteiger partial charge in [-0.05, 0) is 19.3 Å². The monoisotopic (exact) mass is 261 g/mol. The number of carboxylic acids is 1. The highest BCUT2D eigenvalue weighted by Gasteiger charge is 2.28. The summed E-state index contributed by atoms with van der Waals surface area (Å²) in [5.41, 5.74) is -1.35. The van der Waals surface area contributed by atoms with Crippen molar-refractivity contribution in [3.05, 3.63) is 11.4 Å². The molecule has 0 saturated carbocycles. The van der Waals surface area contributed by atoms with Crippen LogP contribution in [0.3, 0.4) is 0 Å². The molecule has 1 N–H and O–H groups in total. The normalized spacial score (nSPS) is 20.3. The van der Waals surface area contributed by atoms with Crippen molar-refractivity contribution in [2.24, 2.45) is 0 Å². The van der Waals surface area contributed by atoms with E-state index < -0.39 is 23.8 Å². The zero-order valence-corrected chi connectivity index (χ0v) is 9.55. The van der Waals surface area contributed by atoms with Gasteiger partial charge < -0.3 is 9.84 Å². The van der Waals surface area contributed by atoms with Gasteiger partial charge in [0.15, 0.2) is 5.69 Å². The average Bonchev–Trinajstić information content (AvgIpc) is 2.74. The zero-order valence-electron chi connectivity index (χ0n) is 9.55. The van der Waals surface area contributed by atoms with Crippen molar-refractivity contribution in [1.82, 2.24) is 15.0 Å². The Hall–Kier alpha value is -1.57. The molecule has 0 bridgehead atoms. The van der Waals surface area contributed by atoms with Crippen LogP contribution in [0.15, 0.2) is 0 Å². The molecule has 2 rings (SSSR count). The van der Waals surface area contributed by atoms with Crippen molar-refractivity contribution in [2.45, 2.75) is 38.3 Å². The highest BCUT2D eigenvalue weighted by molar-refractivity contribution is 5.86. The van der Waals surface area contributed by atoms with Crippen LogP contribution in [0.25, 0.3) is 0 Å². The highest BCUT2D eigenvalue weighted by atomic mass is 19.3. The minimum Gasteiger partial charge on any atom is -0.476 e. The predicted octanol–water partition coefficient (Wildman–Crippen LogP) is 1.48. The summed E-state index contributed by atoms with van der Waals surface area (Å²) in [7, 11) is 0. The predicted molar refractivity (Wildman–Crippen MR) is 55.5 cm³/mol. The Morgan fingerprint density at radius 1 is 1.56 bits per heavy atom. The molecule has 0 aromatic carbocycles. The van der Waals surface area contributed by atoms with Crippen LogP contribution in [0.2, 0.25) is 0 Å². The first-order valence-electron chi connectivity index (χ1n) is 5.66. The number of alkyl halides is 2. The molecule has 18 heavy (non-hydrogen) atoms. The van der Waals surface area contributed by atoms with Gasteiger partial charge in [-0.3, -0.25) is 0 Å². The van der Waals surface area contributed by atoms with Crippen LogP contribution in [0.1, 0.15) is 41.9 Å². The molecular weight excluding hydrogens is 248 g/mol. The number of aromatic carboxylic acids is 1. The molecule has 1 aliphatic heterocycles. The second kappa shape index (κ2) is 5.38. The van der Waals surface area contributed by atoms with Crippen molar-refractivity contribution < 1.29 is 23.4 Å². The van der Waals surface area contributed by atoms with Gasteiger partial charge >= 0.3 is 5.97 Å². The van der Waals surface area contributed by atoms with Crippen LogP contribution < -0.4 is 0 Å². The van der Waals surface area contributed by atoms with E-state index in [1.54, 1.807) is 0 Å². The molecule has 1 unspecified atom stereocenters. The van der Waals surface area contributed by atoms with Gasteiger partial charge in [-0.25, -0.2) is 18.3 Å². The van der Waals surface area contributed by atoms with E-state index in [1.165, 1.54) is 0 Å². The number of nitrogens with zero attached hydrogens (tertiary/aromatic N) is 3. The first-order chi connectivity index (χ1) is 8.59. The molecule has 1 saturated heterocycles. The lowest BCUT2D eigenvalue weighted by Crippen LogP contribution is -2.26. The molecule has 1 aromatic heterocycles. The Bertz CT molecular complexity index is 430. The molecular formula is C10H13F2N3O3. The van der Waals surface area contributed by atoms with Crippen LogP contribution in [-0.4, -0.2) is 38.8 Å². The molecule has 8 heteroatoms. The third-order valence-electron chi connectivity index (χ3n) is 2.83. The molecule has 100 valence electrons. The minimum absolute atomic E-state index is 0.111. The molecule has 0 amide bonds. The largest absolute Gasteiger partial charge is 0.476 e. The summed E-state index contributed by atoms with van der Waals surface area (Å²) in [6.45, 7) is 0.703. The van der Waals surface area contributed by atoms with E-state index in [0.717, 1.165) is 23.9 Å². The third-order valence-corrected chi connectivity index (χ3v) is 2.83. The van der Waals surface area contributed by atoms with Gasteiger partial charge in [0.2, 0.25) is 0 Å². The summed E-state index contributed by atoms with van der Waals surface area (Å²) < 4.78 is 32.0. The lowest BCUT2D eigenvalue weighted by molar-refractivity contribution is 0.00134. The first kappa shape index (κ1) is 12.9. The van der Waals surface area contributed by atoms with Gasteiger partial charge in [-0.1, -0.05) is 5.21 Å². The van der Waals surface area contributed by atoms with E-state index in [9.17, 15) is 13.6 Å². The second-order valence-corrected chi connectivity index (χ2v) is 4.10. The second-order valence-electron chi connectivity index (χ2n) is 4.10. The fourth-order valence-corrected chi connectivity index (χ4v) is 1.97. The van der Waals surface area contributed by atoms with E-state index in [1.807, 2.05) is 0 Å². The number of halogens is 2. The van der Waals surface area contributed by atoms with Crippen molar-refractivity contribution in [1.29, 1.82) is 0 Å². The lowest BCUT2D eigenvalue weighted by atomic mass is 10.1. The van der Waals surface area contributed by atoms with Gasteiger partial charge in [0.05, 0.1) is 12.6 Å². The molecule has 0 aliphatic carbocycles. The molecule has 6 nitrogen and oxygen atoms in total. The fourth-order valence-electron chi connectivity index (χ4n) is 1.97. The maximum atomic E-state index is 12.8. The van der Waals surface area contributed by atoms with Gasteiger partial charge in [0.25, 0.3) is 6.43 Å². The SMILES string of the molecule is O=C(O)c1nnn(CC2CCCCO2)c1C(F)F. The van der Waals surface area contributed by atoms with Crippen molar-refractivity contribution in [2.75, 3.05) is 6.61 Å². The Morgan fingerprint density at radius 2 is 2.33 bits per heavy atom. The van der Waals surface area contributed by atoms with E-state index in [4.69, 9.17) is 9.84 Å². The van der Waals surface area contributed by atoms with E-state index in [2.05, 4.69) is 10.3 Å². The minimum atomic E-state index is -2.92. The Balaban J connectivity index is 2.19. The number of carbonyl (C=O) groups is 1. The summed E-state index contributed by atoms with van der Waals surface area (Å²) in [6, 6.07) is 0. The summed E-state index contributed by atoms with van der Waals surface area (Å²) in [5, 5.41) is 15.5. The fraction of sp³-hybridized carbons (Fsp3) is 0.700. The van der Waals surface area contributed by atoms with Gasteiger partial charge in [-0.15, -0.1) is 5.10 Å². The van der Waals surface area contributed by atoms with Crippen molar-refractivity contribution in [3.8, 4) is 0 Å². The topological polar surface area (TPSA) is 77.2 Å². The maximum Gasteiger partial charge on any atom is 0.358 e. The van der Waals surface area contributed by atoms with Gasteiger partial charge in [-0.2, -0.15) is 0 Å². The Morgan fingerprint density at radius 3 is 2.89 bits per heavy atom. The van der Waals surface area contributed by atoms with E-state index in [0.29, 0.717) is 6.61 Å². The van der Waals surface area contributed by atoms with Crippen LogP contribution in [0, 0.1) is 0 Å². The van der Waals surface area contributed by atoms with Crippen molar-refractivity contribution in [3.63, 3.8) is 0 Å². The van der Waals surface area contributed by atoms with Crippen LogP contribution in [-0.2, 0) is 11.3 Å². The summed E-state index contributed by atoms with van der Waals surface area (Å²) in [4.78, 5) is 10.8. The molecule has 0 spiro atoms. The van der Waals surface area contributed by atoms with E-state index >= 15 is 0 Å². The Labute approximate surface area is 102 Å². The molecule has 2 heterocycles. The number of hydrogen-bond donors (Lipinski definition) is 1. The van der Waals surface area contributed by atoms with Gasteiger partial charge in [0.1, 0.15) is 5.69 Å².